The minimum atomic E-state index is -4.63. The largest absolute Gasteiger partial charge is 0.480 e. The van der Waals surface area contributed by atoms with Gasteiger partial charge < -0.3 is 15.7 Å². The van der Waals surface area contributed by atoms with Crippen LogP contribution in [0.15, 0.2) is 24.3 Å². The molecule has 8 heteroatoms. The van der Waals surface area contributed by atoms with E-state index >= 15 is 0 Å². The standard InChI is InChI=1S/C19H25F3N2O3/c1-18(2,3)13-7-4-11(5-8-13)15(19(20,21)22)24-16(25)12-6-9-14(17(26)27)23-10-12/h4-5,7-8,12,14-15,23H,6,9-10H2,1-3H3,(H,24,25)(H,26,27). The summed E-state index contributed by atoms with van der Waals surface area (Å²) >= 11 is 0. The second-order valence-corrected chi connectivity index (χ2v) is 7.93. The number of alkyl halides is 3. The lowest BCUT2D eigenvalue weighted by molar-refractivity contribution is -0.165. The smallest absolute Gasteiger partial charge is 0.412 e. The molecule has 1 aliphatic rings. The summed E-state index contributed by atoms with van der Waals surface area (Å²) in [5.41, 5.74) is 0.676. The van der Waals surface area contributed by atoms with Crippen molar-refractivity contribution in [2.24, 2.45) is 5.92 Å². The van der Waals surface area contributed by atoms with Gasteiger partial charge in [0.1, 0.15) is 6.04 Å². The van der Waals surface area contributed by atoms with Crippen LogP contribution in [0.3, 0.4) is 0 Å². The number of carboxylic acids is 1. The van der Waals surface area contributed by atoms with Gasteiger partial charge in [0.25, 0.3) is 0 Å². The molecule has 0 radical (unpaired) electrons. The lowest BCUT2D eigenvalue weighted by atomic mass is 9.86. The minimum absolute atomic E-state index is 0.0315. The van der Waals surface area contributed by atoms with E-state index in [2.05, 4.69) is 10.6 Å². The molecule has 1 aromatic rings. The van der Waals surface area contributed by atoms with Crippen molar-refractivity contribution in [1.82, 2.24) is 10.6 Å². The van der Waals surface area contributed by atoms with Gasteiger partial charge in [-0.25, -0.2) is 0 Å². The summed E-state index contributed by atoms with van der Waals surface area (Å²) in [5, 5.41) is 13.7. The van der Waals surface area contributed by atoms with Gasteiger partial charge in [0.05, 0.1) is 5.92 Å². The van der Waals surface area contributed by atoms with Crippen LogP contribution in [-0.2, 0) is 15.0 Å². The first-order chi connectivity index (χ1) is 12.4. The van der Waals surface area contributed by atoms with Crippen molar-refractivity contribution in [2.75, 3.05) is 6.54 Å². The zero-order valence-corrected chi connectivity index (χ0v) is 15.6. The molecule has 1 fully saturated rings. The predicted molar refractivity (Wildman–Crippen MR) is 94.2 cm³/mol. The summed E-state index contributed by atoms with van der Waals surface area (Å²) in [6.07, 6.45) is -4.21. The zero-order chi connectivity index (χ0) is 20.4. The van der Waals surface area contributed by atoms with Crippen molar-refractivity contribution in [1.29, 1.82) is 0 Å². The van der Waals surface area contributed by atoms with E-state index in [4.69, 9.17) is 5.11 Å². The molecule has 0 aliphatic carbocycles. The van der Waals surface area contributed by atoms with Crippen LogP contribution in [0.4, 0.5) is 13.2 Å². The Hall–Kier alpha value is -2.09. The van der Waals surface area contributed by atoms with Gasteiger partial charge in [-0.1, -0.05) is 45.0 Å². The topological polar surface area (TPSA) is 78.4 Å². The maximum absolute atomic E-state index is 13.5. The fourth-order valence-corrected chi connectivity index (χ4v) is 3.08. The van der Waals surface area contributed by atoms with Gasteiger partial charge in [-0.3, -0.25) is 9.59 Å². The number of aliphatic carboxylic acids is 1. The lowest BCUT2D eigenvalue weighted by Gasteiger charge is -2.29. The van der Waals surface area contributed by atoms with E-state index in [9.17, 15) is 22.8 Å². The van der Waals surface area contributed by atoms with Gasteiger partial charge in [-0.15, -0.1) is 0 Å². The highest BCUT2D eigenvalue weighted by Gasteiger charge is 2.43. The summed E-state index contributed by atoms with van der Waals surface area (Å²) in [5.74, 6) is -2.45. The summed E-state index contributed by atoms with van der Waals surface area (Å²) in [7, 11) is 0. The van der Waals surface area contributed by atoms with Gasteiger partial charge in [-0.05, 0) is 29.4 Å². The van der Waals surface area contributed by atoms with Crippen LogP contribution in [0.5, 0.6) is 0 Å². The number of carbonyl (C=O) groups excluding carboxylic acids is 1. The number of piperidine rings is 1. The predicted octanol–water partition coefficient (Wildman–Crippen LogP) is 3.16. The Morgan fingerprint density at radius 1 is 1.15 bits per heavy atom. The normalized spacial score (nSPS) is 22.1. The number of halogens is 3. The lowest BCUT2D eigenvalue weighted by Crippen LogP contribution is -2.50. The fraction of sp³-hybridized carbons (Fsp3) is 0.579. The SMILES string of the molecule is CC(C)(C)c1ccc(C(NC(=O)C2CCC(C(=O)O)NC2)C(F)(F)F)cc1. The molecule has 3 atom stereocenters. The van der Waals surface area contributed by atoms with Crippen molar-refractivity contribution in [3.8, 4) is 0 Å². The number of carboxylic acid groups (broad SMARTS) is 1. The third-order valence-corrected chi connectivity index (χ3v) is 4.81. The molecule has 2 rings (SSSR count). The van der Waals surface area contributed by atoms with E-state index in [0.717, 1.165) is 5.56 Å². The molecule has 1 heterocycles. The first kappa shape index (κ1) is 21.2. The van der Waals surface area contributed by atoms with Crippen LogP contribution >= 0.6 is 0 Å². The maximum atomic E-state index is 13.5. The van der Waals surface area contributed by atoms with E-state index in [1.807, 2.05) is 20.8 Å². The molecule has 3 N–H and O–H groups in total. The van der Waals surface area contributed by atoms with Gasteiger partial charge >= 0.3 is 12.1 Å². The Kier molecular flexibility index (Phi) is 6.19. The average Bonchev–Trinajstić information content (AvgIpc) is 2.58. The van der Waals surface area contributed by atoms with Crippen LogP contribution < -0.4 is 10.6 Å². The molecule has 3 unspecified atom stereocenters. The van der Waals surface area contributed by atoms with Gasteiger partial charge in [0, 0.05) is 6.54 Å². The van der Waals surface area contributed by atoms with Crippen molar-refractivity contribution < 1.29 is 27.9 Å². The van der Waals surface area contributed by atoms with E-state index in [0.29, 0.717) is 0 Å². The number of carbonyl (C=O) groups is 2. The van der Waals surface area contributed by atoms with Crippen LogP contribution in [0.25, 0.3) is 0 Å². The fourth-order valence-electron chi connectivity index (χ4n) is 3.08. The van der Waals surface area contributed by atoms with E-state index in [1.54, 1.807) is 12.1 Å². The second-order valence-electron chi connectivity index (χ2n) is 7.93. The molecule has 27 heavy (non-hydrogen) atoms. The van der Waals surface area contributed by atoms with Gasteiger partial charge in [0.2, 0.25) is 5.91 Å². The van der Waals surface area contributed by atoms with E-state index in [-0.39, 0.29) is 30.4 Å². The molecule has 0 saturated carbocycles. The molecular weight excluding hydrogens is 361 g/mol. The highest BCUT2D eigenvalue weighted by molar-refractivity contribution is 5.80. The second kappa shape index (κ2) is 7.88. The number of hydrogen-bond donors (Lipinski definition) is 3. The monoisotopic (exact) mass is 386 g/mol. The highest BCUT2D eigenvalue weighted by atomic mass is 19.4. The van der Waals surface area contributed by atoms with Crippen LogP contribution in [0, 0.1) is 5.92 Å². The van der Waals surface area contributed by atoms with Crippen molar-refractivity contribution >= 4 is 11.9 Å². The highest BCUT2D eigenvalue weighted by Crippen LogP contribution is 2.34. The van der Waals surface area contributed by atoms with Crippen LogP contribution in [0.2, 0.25) is 0 Å². The molecule has 150 valence electrons. The van der Waals surface area contributed by atoms with Crippen molar-refractivity contribution in [2.45, 2.75) is 57.3 Å². The Labute approximate surface area is 156 Å². The Morgan fingerprint density at radius 3 is 2.15 bits per heavy atom. The zero-order valence-electron chi connectivity index (χ0n) is 15.6. The summed E-state index contributed by atoms with van der Waals surface area (Å²) in [6.45, 7) is 5.93. The molecule has 1 aromatic carbocycles. The summed E-state index contributed by atoms with van der Waals surface area (Å²) in [4.78, 5) is 23.2. The quantitative estimate of drug-likeness (QED) is 0.743. The first-order valence-corrected chi connectivity index (χ1v) is 8.83. The number of rotatable bonds is 4. The van der Waals surface area contributed by atoms with Gasteiger partial charge in [0.15, 0.2) is 6.04 Å². The molecule has 0 spiro atoms. The molecule has 5 nitrogen and oxygen atoms in total. The molecule has 1 aliphatic heterocycles. The third-order valence-electron chi connectivity index (χ3n) is 4.81. The van der Waals surface area contributed by atoms with E-state index in [1.165, 1.54) is 12.1 Å². The molecule has 1 amide bonds. The van der Waals surface area contributed by atoms with Crippen molar-refractivity contribution in [3.63, 3.8) is 0 Å². The van der Waals surface area contributed by atoms with Crippen LogP contribution in [-0.4, -0.2) is 35.7 Å². The first-order valence-electron chi connectivity index (χ1n) is 8.83. The van der Waals surface area contributed by atoms with Crippen LogP contribution in [0.1, 0.15) is 50.8 Å². The Balaban J connectivity index is 2.11. The number of hydrogen-bond acceptors (Lipinski definition) is 3. The summed E-state index contributed by atoms with van der Waals surface area (Å²) in [6, 6.07) is 3.19. The Bertz CT molecular complexity index is 673. The molecular formula is C19H25F3N2O3. The molecule has 1 saturated heterocycles. The number of amides is 1. The third kappa shape index (κ3) is 5.45. The Morgan fingerprint density at radius 2 is 1.74 bits per heavy atom. The van der Waals surface area contributed by atoms with Crippen molar-refractivity contribution in [3.05, 3.63) is 35.4 Å². The average molecular weight is 386 g/mol. The van der Waals surface area contributed by atoms with E-state index < -0.39 is 36.1 Å². The molecule has 0 aromatic heterocycles. The maximum Gasteiger partial charge on any atom is 0.412 e. The minimum Gasteiger partial charge on any atom is -0.480 e. The summed E-state index contributed by atoms with van der Waals surface area (Å²) < 4.78 is 40.6. The number of nitrogens with one attached hydrogen (secondary N) is 2. The molecule has 0 bridgehead atoms. The number of benzene rings is 1. The van der Waals surface area contributed by atoms with Gasteiger partial charge in [-0.2, -0.15) is 13.2 Å².